The third-order valence-corrected chi connectivity index (χ3v) is 4.55. The molecule has 2 rings (SSSR count). The average Bonchev–Trinajstić information content (AvgIpc) is 2.43. The molecule has 3 heteroatoms. The van der Waals surface area contributed by atoms with Gasteiger partial charge in [0.15, 0.2) is 0 Å². The summed E-state index contributed by atoms with van der Waals surface area (Å²) in [6.45, 7) is 4.22. The lowest BCUT2D eigenvalue weighted by Gasteiger charge is -2.28. The molecule has 1 aliphatic carbocycles. The summed E-state index contributed by atoms with van der Waals surface area (Å²) in [6.07, 6.45) is 7.21. The first-order chi connectivity index (χ1) is 10.0. The highest BCUT2D eigenvalue weighted by molar-refractivity contribution is 5.67. The summed E-state index contributed by atoms with van der Waals surface area (Å²) < 4.78 is 0. The van der Waals surface area contributed by atoms with E-state index in [1.54, 1.807) is 0 Å². The minimum atomic E-state index is -0.716. The Morgan fingerprint density at radius 3 is 2.57 bits per heavy atom. The molecule has 21 heavy (non-hydrogen) atoms. The Morgan fingerprint density at radius 1 is 1.24 bits per heavy atom. The Kier molecular flexibility index (Phi) is 5.80. The van der Waals surface area contributed by atoms with Gasteiger partial charge in [-0.05, 0) is 49.8 Å². The molecule has 0 heterocycles. The molecule has 0 bridgehead atoms. The fourth-order valence-electron chi connectivity index (χ4n) is 3.22. The van der Waals surface area contributed by atoms with Crippen molar-refractivity contribution in [3.8, 4) is 0 Å². The van der Waals surface area contributed by atoms with Gasteiger partial charge in [-0.15, -0.1) is 0 Å². The highest BCUT2D eigenvalue weighted by atomic mass is 16.4. The molecule has 1 unspecified atom stereocenters. The monoisotopic (exact) mass is 289 g/mol. The number of rotatable bonds is 6. The van der Waals surface area contributed by atoms with Crippen LogP contribution in [0.1, 0.15) is 55.2 Å². The van der Waals surface area contributed by atoms with Crippen molar-refractivity contribution >= 4 is 5.97 Å². The number of carboxylic acids is 1. The summed E-state index contributed by atoms with van der Waals surface area (Å²) in [5.74, 6) is -0.716. The normalized spacial score (nSPS) is 17.6. The van der Waals surface area contributed by atoms with E-state index >= 15 is 0 Å². The van der Waals surface area contributed by atoms with Gasteiger partial charge in [-0.1, -0.05) is 37.5 Å². The Labute approximate surface area is 127 Å². The standard InChI is InChI=1S/C18H27NO2/c1-13-8-9-15(10-14(13)2)11-17(12-18(20)21)19-16-6-4-3-5-7-16/h8-10,16-17,19H,3-7,11-12H2,1-2H3,(H,20,21). The SMILES string of the molecule is Cc1ccc(CC(CC(=O)O)NC2CCCCC2)cc1C. The number of hydrogen-bond acceptors (Lipinski definition) is 2. The highest BCUT2D eigenvalue weighted by Crippen LogP contribution is 2.19. The molecule has 1 aromatic rings. The van der Waals surface area contributed by atoms with E-state index in [4.69, 9.17) is 5.11 Å². The predicted octanol–water partition coefficient (Wildman–Crippen LogP) is 3.61. The van der Waals surface area contributed by atoms with E-state index in [2.05, 4.69) is 37.4 Å². The molecule has 1 saturated carbocycles. The second kappa shape index (κ2) is 7.60. The molecule has 2 N–H and O–H groups in total. The van der Waals surface area contributed by atoms with Crippen LogP contribution >= 0.6 is 0 Å². The Bertz CT molecular complexity index is 478. The zero-order chi connectivity index (χ0) is 15.2. The molecule has 1 atom stereocenters. The molecule has 1 aliphatic rings. The van der Waals surface area contributed by atoms with Gasteiger partial charge in [-0.25, -0.2) is 0 Å². The fourth-order valence-corrected chi connectivity index (χ4v) is 3.22. The minimum absolute atomic E-state index is 0.0349. The van der Waals surface area contributed by atoms with Crippen LogP contribution in [0.2, 0.25) is 0 Å². The van der Waals surface area contributed by atoms with E-state index in [0.29, 0.717) is 6.04 Å². The number of hydrogen-bond donors (Lipinski definition) is 2. The van der Waals surface area contributed by atoms with Gasteiger partial charge in [-0.3, -0.25) is 4.79 Å². The van der Waals surface area contributed by atoms with Gasteiger partial charge >= 0.3 is 5.97 Å². The van der Waals surface area contributed by atoms with Gasteiger partial charge in [0.2, 0.25) is 0 Å². The van der Waals surface area contributed by atoms with Gasteiger partial charge in [0.25, 0.3) is 0 Å². The van der Waals surface area contributed by atoms with Crippen molar-refractivity contribution in [2.24, 2.45) is 0 Å². The molecule has 0 spiro atoms. The summed E-state index contributed by atoms with van der Waals surface area (Å²) in [4.78, 5) is 11.1. The fraction of sp³-hybridized carbons (Fsp3) is 0.611. The number of aliphatic carboxylic acids is 1. The second-order valence-electron chi connectivity index (χ2n) is 6.42. The van der Waals surface area contributed by atoms with Crippen molar-refractivity contribution in [3.63, 3.8) is 0 Å². The van der Waals surface area contributed by atoms with Crippen LogP contribution < -0.4 is 5.32 Å². The molecular formula is C18H27NO2. The lowest BCUT2D eigenvalue weighted by atomic mass is 9.93. The van der Waals surface area contributed by atoms with Crippen molar-refractivity contribution in [3.05, 3.63) is 34.9 Å². The Balaban J connectivity index is 2.00. The van der Waals surface area contributed by atoms with E-state index in [1.807, 2.05) is 0 Å². The first-order valence-electron chi connectivity index (χ1n) is 8.08. The molecule has 3 nitrogen and oxygen atoms in total. The molecular weight excluding hydrogens is 262 g/mol. The predicted molar refractivity (Wildman–Crippen MR) is 85.7 cm³/mol. The van der Waals surface area contributed by atoms with Gasteiger partial charge in [-0.2, -0.15) is 0 Å². The van der Waals surface area contributed by atoms with Gasteiger partial charge < -0.3 is 10.4 Å². The lowest BCUT2D eigenvalue weighted by Crippen LogP contribution is -2.42. The van der Waals surface area contributed by atoms with Crippen LogP contribution in [0.25, 0.3) is 0 Å². The van der Waals surface area contributed by atoms with Crippen molar-refractivity contribution in [2.75, 3.05) is 0 Å². The van der Waals surface area contributed by atoms with Gasteiger partial charge in [0.1, 0.15) is 0 Å². The molecule has 0 saturated heterocycles. The summed E-state index contributed by atoms with van der Waals surface area (Å²) in [5, 5.41) is 12.7. The van der Waals surface area contributed by atoms with E-state index in [9.17, 15) is 4.79 Å². The van der Waals surface area contributed by atoms with E-state index in [0.717, 1.165) is 6.42 Å². The van der Waals surface area contributed by atoms with Crippen molar-refractivity contribution in [1.82, 2.24) is 5.32 Å². The smallest absolute Gasteiger partial charge is 0.304 e. The number of carboxylic acid groups (broad SMARTS) is 1. The average molecular weight is 289 g/mol. The topological polar surface area (TPSA) is 49.3 Å². The van der Waals surface area contributed by atoms with E-state index < -0.39 is 5.97 Å². The maximum atomic E-state index is 11.1. The molecule has 0 amide bonds. The third kappa shape index (κ3) is 5.16. The summed E-state index contributed by atoms with van der Waals surface area (Å²) in [6, 6.07) is 6.97. The van der Waals surface area contributed by atoms with Crippen molar-refractivity contribution in [1.29, 1.82) is 0 Å². The second-order valence-corrected chi connectivity index (χ2v) is 6.42. The van der Waals surface area contributed by atoms with Crippen LogP contribution in [0.15, 0.2) is 18.2 Å². The largest absolute Gasteiger partial charge is 0.481 e. The van der Waals surface area contributed by atoms with Crippen LogP contribution in [0.3, 0.4) is 0 Å². The van der Waals surface area contributed by atoms with Gasteiger partial charge in [0.05, 0.1) is 6.42 Å². The molecule has 1 aromatic carbocycles. The number of carbonyl (C=O) groups is 1. The molecule has 116 valence electrons. The van der Waals surface area contributed by atoms with Crippen LogP contribution in [0.4, 0.5) is 0 Å². The summed E-state index contributed by atoms with van der Waals surface area (Å²) in [5.41, 5.74) is 3.79. The van der Waals surface area contributed by atoms with Crippen LogP contribution in [-0.4, -0.2) is 23.2 Å². The zero-order valence-electron chi connectivity index (χ0n) is 13.2. The summed E-state index contributed by atoms with van der Waals surface area (Å²) >= 11 is 0. The zero-order valence-corrected chi connectivity index (χ0v) is 13.2. The van der Waals surface area contributed by atoms with Crippen LogP contribution in [-0.2, 0) is 11.2 Å². The third-order valence-electron chi connectivity index (χ3n) is 4.55. The highest BCUT2D eigenvalue weighted by Gasteiger charge is 2.20. The first kappa shape index (κ1) is 16.0. The number of nitrogens with one attached hydrogen (secondary N) is 1. The maximum Gasteiger partial charge on any atom is 0.304 e. The summed E-state index contributed by atoms with van der Waals surface area (Å²) in [7, 11) is 0. The first-order valence-corrected chi connectivity index (χ1v) is 8.08. The van der Waals surface area contributed by atoms with E-state index in [-0.39, 0.29) is 12.5 Å². The minimum Gasteiger partial charge on any atom is -0.481 e. The van der Waals surface area contributed by atoms with Crippen LogP contribution in [0.5, 0.6) is 0 Å². The number of benzene rings is 1. The van der Waals surface area contributed by atoms with Crippen molar-refractivity contribution < 1.29 is 9.90 Å². The molecule has 1 fully saturated rings. The molecule has 0 aliphatic heterocycles. The molecule has 0 radical (unpaired) electrons. The van der Waals surface area contributed by atoms with Crippen LogP contribution in [0, 0.1) is 13.8 Å². The molecule has 0 aromatic heterocycles. The number of aryl methyl sites for hydroxylation is 2. The van der Waals surface area contributed by atoms with Gasteiger partial charge in [0, 0.05) is 12.1 Å². The quantitative estimate of drug-likeness (QED) is 0.841. The van der Waals surface area contributed by atoms with E-state index in [1.165, 1.54) is 48.8 Å². The Hall–Kier alpha value is -1.35. The Morgan fingerprint density at radius 2 is 1.95 bits per heavy atom. The maximum absolute atomic E-state index is 11.1. The van der Waals surface area contributed by atoms with Crippen molar-refractivity contribution in [2.45, 2.75) is 70.9 Å². The lowest BCUT2D eigenvalue weighted by molar-refractivity contribution is -0.137.